The minimum absolute atomic E-state index is 0.111. The number of hydrogen-bond acceptors (Lipinski definition) is 3. The fraction of sp³-hybridized carbons (Fsp3) is 0.467. The molecule has 1 unspecified atom stereocenters. The zero-order chi connectivity index (χ0) is 15.4. The number of carboxylic acid groups (broad SMARTS) is 1. The number of likely N-dealkylation sites (tertiary alicyclic amines) is 1. The highest BCUT2D eigenvalue weighted by atomic mass is 16.5. The van der Waals surface area contributed by atoms with E-state index < -0.39 is 5.97 Å². The number of aromatic carboxylic acids is 1. The predicted molar refractivity (Wildman–Crippen MR) is 79.0 cm³/mol. The predicted octanol–water partition coefficient (Wildman–Crippen LogP) is 2.80. The van der Waals surface area contributed by atoms with Crippen LogP contribution in [0.3, 0.4) is 0 Å². The third-order valence-electron chi connectivity index (χ3n) is 3.80. The number of carboxylic acids is 1. The fourth-order valence-corrected chi connectivity index (χ4v) is 2.65. The number of anilines is 1. The monoisotopic (exact) mass is 292 g/mol. The van der Waals surface area contributed by atoms with Crippen LogP contribution in [0.15, 0.2) is 18.2 Å². The molecule has 6 nitrogen and oxygen atoms in total. The smallest absolute Gasteiger partial charge is 0.335 e. The molecule has 1 aliphatic heterocycles. The van der Waals surface area contributed by atoms with Gasteiger partial charge >= 0.3 is 12.0 Å². The first-order valence-corrected chi connectivity index (χ1v) is 7.05. The third kappa shape index (κ3) is 3.26. The van der Waals surface area contributed by atoms with Gasteiger partial charge in [0.15, 0.2) is 0 Å². The van der Waals surface area contributed by atoms with E-state index in [0.717, 1.165) is 25.8 Å². The summed E-state index contributed by atoms with van der Waals surface area (Å²) >= 11 is 0. The summed E-state index contributed by atoms with van der Waals surface area (Å²) in [5.74, 6) is -0.596. The fourth-order valence-electron chi connectivity index (χ4n) is 2.65. The molecule has 1 aromatic carbocycles. The van der Waals surface area contributed by atoms with Gasteiger partial charge in [-0.1, -0.05) is 6.92 Å². The van der Waals surface area contributed by atoms with Crippen molar-refractivity contribution < 1.29 is 19.4 Å². The third-order valence-corrected chi connectivity index (χ3v) is 3.80. The van der Waals surface area contributed by atoms with Crippen molar-refractivity contribution in [1.29, 1.82) is 0 Å². The van der Waals surface area contributed by atoms with Crippen LogP contribution in [0, 0.1) is 0 Å². The van der Waals surface area contributed by atoms with E-state index in [2.05, 4.69) is 12.2 Å². The quantitative estimate of drug-likeness (QED) is 0.894. The van der Waals surface area contributed by atoms with Crippen molar-refractivity contribution in [1.82, 2.24) is 4.90 Å². The topological polar surface area (TPSA) is 78.9 Å². The lowest BCUT2D eigenvalue weighted by Gasteiger charge is -2.24. The lowest BCUT2D eigenvalue weighted by atomic mass is 10.1. The standard InChI is InChI=1S/C15H20N2O4/c1-3-11-5-4-8-17(11)15(20)16-12-9-10(14(18)19)6-7-13(12)21-2/h6-7,9,11H,3-5,8H2,1-2H3,(H,16,20)(H,18,19). The Labute approximate surface area is 123 Å². The van der Waals surface area contributed by atoms with Crippen molar-refractivity contribution in [3.05, 3.63) is 23.8 Å². The van der Waals surface area contributed by atoms with Gasteiger partial charge in [0.2, 0.25) is 0 Å². The first kappa shape index (κ1) is 15.2. The zero-order valence-electron chi connectivity index (χ0n) is 12.3. The Morgan fingerprint density at radius 2 is 2.24 bits per heavy atom. The van der Waals surface area contributed by atoms with Crippen LogP contribution in [0.1, 0.15) is 36.5 Å². The lowest BCUT2D eigenvalue weighted by molar-refractivity contribution is 0.0697. The maximum absolute atomic E-state index is 12.3. The number of carbonyl (C=O) groups excluding carboxylic acids is 1. The molecule has 21 heavy (non-hydrogen) atoms. The van der Waals surface area contributed by atoms with E-state index in [1.165, 1.54) is 19.2 Å². The second kappa shape index (κ2) is 6.47. The normalized spacial score (nSPS) is 17.6. The number of ether oxygens (including phenoxy) is 1. The second-order valence-corrected chi connectivity index (χ2v) is 5.05. The summed E-state index contributed by atoms with van der Waals surface area (Å²) in [5, 5.41) is 11.8. The van der Waals surface area contributed by atoms with Gasteiger partial charge in [-0.15, -0.1) is 0 Å². The maximum atomic E-state index is 12.3. The number of methoxy groups -OCH3 is 1. The summed E-state index contributed by atoms with van der Waals surface area (Å²) in [6.45, 7) is 2.78. The van der Waals surface area contributed by atoms with Crippen LogP contribution in [0.4, 0.5) is 10.5 Å². The Morgan fingerprint density at radius 3 is 2.86 bits per heavy atom. The number of rotatable bonds is 4. The number of amides is 2. The van der Waals surface area contributed by atoms with Crippen LogP contribution in [0.2, 0.25) is 0 Å². The van der Waals surface area contributed by atoms with Crippen LogP contribution < -0.4 is 10.1 Å². The van der Waals surface area contributed by atoms with Crippen molar-refractivity contribution in [2.45, 2.75) is 32.2 Å². The molecule has 0 saturated carbocycles. The minimum atomic E-state index is -1.04. The highest BCUT2D eigenvalue weighted by Crippen LogP contribution is 2.27. The van der Waals surface area contributed by atoms with Gasteiger partial charge < -0.3 is 20.1 Å². The zero-order valence-corrected chi connectivity index (χ0v) is 12.3. The largest absolute Gasteiger partial charge is 0.495 e. The Kier molecular flexibility index (Phi) is 4.67. The number of nitrogens with one attached hydrogen (secondary N) is 1. The molecule has 0 aromatic heterocycles. The molecular weight excluding hydrogens is 272 g/mol. The van der Waals surface area contributed by atoms with Crippen molar-refractivity contribution in [3.63, 3.8) is 0 Å². The van der Waals surface area contributed by atoms with Crippen molar-refractivity contribution in [2.24, 2.45) is 0 Å². The summed E-state index contributed by atoms with van der Waals surface area (Å²) in [4.78, 5) is 25.2. The van der Waals surface area contributed by atoms with Crippen LogP contribution in [-0.4, -0.2) is 41.7 Å². The van der Waals surface area contributed by atoms with Crippen LogP contribution >= 0.6 is 0 Å². The molecule has 1 heterocycles. The Balaban J connectivity index is 2.19. The highest BCUT2D eigenvalue weighted by molar-refractivity contribution is 5.95. The highest BCUT2D eigenvalue weighted by Gasteiger charge is 2.27. The molecule has 2 amide bonds. The summed E-state index contributed by atoms with van der Waals surface area (Å²) in [6, 6.07) is 4.44. The molecule has 1 atom stereocenters. The van der Waals surface area contributed by atoms with Gasteiger partial charge in [-0.3, -0.25) is 0 Å². The first-order valence-electron chi connectivity index (χ1n) is 7.05. The van der Waals surface area contributed by atoms with E-state index >= 15 is 0 Å². The number of nitrogens with zero attached hydrogens (tertiary/aromatic N) is 1. The molecule has 1 fully saturated rings. The lowest BCUT2D eigenvalue weighted by Crippen LogP contribution is -2.38. The molecular formula is C15H20N2O4. The summed E-state index contributed by atoms with van der Waals surface area (Å²) in [6.07, 6.45) is 2.92. The van der Waals surface area contributed by atoms with Crippen LogP contribution in [0.5, 0.6) is 5.75 Å². The molecule has 114 valence electrons. The van der Waals surface area contributed by atoms with Crippen molar-refractivity contribution in [3.8, 4) is 5.75 Å². The first-order chi connectivity index (χ1) is 10.1. The van der Waals surface area contributed by atoms with Gasteiger partial charge in [-0.05, 0) is 37.5 Å². The number of urea groups is 1. The minimum Gasteiger partial charge on any atom is -0.495 e. The number of hydrogen-bond donors (Lipinski definition) is 2. The Hall–Kier alpha value is -2.24. The summed E-state index contributed by atoms with van der Waals surface area (Å²) in [5.41, 5.74) is 0.490. The SMILES string of the molecule is CCC1CCCN1C(=O)Nc1cc(C(=O)O)ccc1OC. The average molecular weight is 292 g/mol. The van der Waals surface area contributed by atoms with E-state index in [1.54, 1.807) is 11.0 Å². The van der Waals surface area contributed by atoms with E-state index in [9.17, 15) is 9.59 Å². The molecule has 0 radical (unpaired) electrons. The van der Waals surface area contributed by atoms with Gasteiger partial charge in [0.05, 0.1) is 18.4 Å². The second-order valence-electron chi connectivity index (χ2n) is 5.05. The van der Waals surface area contributed by atoms with Gasteiger partial charge in [-0.25, -0.2) is 9.59 Å². The van der Waals surface area contributed by atoms with Gasteiger partial charge in [0.25, 0.3) is 0 Å². The molecule has 2 N–H and O–H groups in total. The van der Waals surface area contributed by atoms with Gasteiger partial charge in [0, 0.05) is 12.6 Å². The molecule has 0 spiro atoms. The average Bonchev–Trinajstić information content (AvgIpc) is 2.95. The Bertz CT molecular complexity index is 544. The van der Waals surface area contributed by atoms with E-state index in [-0.39, 0.29) is 17.6 Å². The molecule has 1 saturated heterocycles. The summed E-state index contributed by atoms with van der Waals surface area (Å²) < 4.78 is 5.17. The number of benzene rings is 1. The van der Waals surface area contributed by atoms with Gasteiger partial charge in [-0.2, -0.15) is 0 Å². The number of carbonyl (C=O) groups is 2. The molecule has 1 aromatic rings. The molecule has 0 aliphatic carbocycles. The van der Waals surface area contributed by atoms with Crippen LogP contribution in [0.25, 0.3) is 0 Å². The molecule has 2 rings (SSSR count). The molecule has 6 heteroatoms. The maximum Gasteiger partial charge on any atom is 0.335 e. The van der Waals surface area contributed by atoms with Gasteiger partial charge in [0.1, 0.15) is 5.75 Å². The summed E-state index contributed by atoms with van der Waals surface area (Å²) in [7, 11) is 1.48. The molecule has 1 aliphatic rings. The van der Waals surface area contributed by atoms with E-state index in [0.29, 0.717) is 11.4 Å². The van der Waals surface area contributed by atoms with Crippen LogP contribution in [-0.2, 0) is 0 Å². The Morgan fingerprint density at radius 1 is 1.48 bits per heavy atom. The van der Waals surface area contributed by atoms with Crippen molar-refractivity contribution in [2.75, 3.05) is 19.0 Å². The molecule has 0 bridgehead atoms. The van der Waals surface area contributed by atoms with E-state index in [1.807, 2.05) is 0 Å². The van der Waals surface area contributed by atoms with Crippen molar-refractivity contribution >= 4 is 17.7 Å². The van der Waals surface area contributed by atoms with E-state index in [4.69, 9.17) is 9.84 Å².